The van der Waals surface area contributed by atoms with Crippen LogP contribution in [0, 0.1) is 0 Å². The van der Waals surface area contributed by atoms with E-state index in [1.165, 1.54) is 11.8 Å². The Morgan fingerprint density at radius 3 is 2.54 bits per heavy atom. The van der Waals surface area contributed by atoms with Gasteiger partial charge in [0.1, 0.15) is 5.02 Å². The molecule has 1 saturated heterocycles. The molecule has 0 N–H and O–H groups in total. The number of hydrogen-bond acceptors (Lipinski definition) is 4. The zero-order valence-corrected chi connectivity index (χ0v) is 16.2. The zero-order chi connectivity index (χ0) is 18.5. The van der Waals surface area contributed by atoms with Gasteiger partial charge >= 0.3 is 5.97 Å². The molecule has 1 fully saturated rings. The molecule has 1 aliphatic heterocycles. The zero-order valence-electron chi connectivity index (χ0n) is 13.9. The number of hydrogen-bond donors (Lipinski definition) is 0. The smallest absolute Gasteiger partial charge is 0.344 e. The number of amides is 1. The van der Waals surface area contributed by atoms with Crippen molar-refractivity contribution in [3.05, 3.63) is 58.1 Å². The number of carbonyl (C=O) groups excluding carboxylic acids is 2. The first-order valence-electron chi connectivity index (χ1n) is 8.22. The van der Waals surface area contributed by atoms with Gasteiger partial charge in [0.2, 0.25) is 5.91 Å². The lowest BCUT2D eigenvalue weighted by molar-refractivity contribution is -0.127. The lowest BCUT2D eigenvalue weighted by Crippen LogP contribution is -2.29. The Labute approximate surface area is 166 Å². The molecule has 0 spiro atoms. The highest BCUT2D eigenvalue weighted by molar-refractivity contribution is 8.00. The molecule has 2 aromatic carbocycles. The van der Waals surface area contributed by atoms with Gasteiger partial charge in [0.15, 0.2) is 5.75 Å². The van der Waals surface area contributed by atoms with Crippen LogP contribution in [-0.4, -0.2) is 35.6 Å². The molecule has 0 unspecified atom stereocenters. The molecule has 0 aromatic heterocycles. The van der Waals surface area contributed by atoms with Gasteiger partial charge in [-0.05, 0) is 37.1 Å². The summed E-state index contributed by atoms with van der Waals surface area (Å²) in [5, 5.41) is 0.507. The van der Waals surface area contributed by atoms with Crippen LogP contribution in [0.3, 0.4) is 0 Å². The molecular weight excluding hydrogens is 393 g/mol. The van der Waals surface area contributed by atoms with Gasteiger partial charge < -0.3 is 9.64 Å². The average Bonchev–Trinajstić information content (AvgIpc) is 3.18. The predicted octanol–water partition coefficient (Wildman–Crippen LogP) is 4.93. The molecule has 0 aliphatic carbocycles. The summed E-state index contributed by atoms with van der Waals surface area (Å²) in [6.45, 7) is 1.63. The molecule has 26 heavy (non-hydrogen) atoms. The summed E-state index contributed by atoms with van der Waals surface area (Å²) in [5.74, 6) is 0.0546. The number of benzene rings is 2. The number of rotatable bonds is 5. The number of esters is 1. The van der Waals surface area contributed by atoms with Crippen molar-refractivity contribution in [1.82, 2.24) is 4.90 Å². The van der Waals surface area contributed by atoms with Crippen molar-refractivity contribution in [2.24, 2.45) is 0 Å². The largest absolute Gasteiger partial charge is 0.421 e. The van der Waals surface area contributed by atoms with E-state index in [1.807, 2.05) is 11.0 Å². The summed E-state index contributed by atoms with van der Waals surface area (Å²) in [4.78, 5) is 27.4. The summed E-state index contributed by atoms with van der Waals surface area (Å²) in [6.07, 6.45) is 2.11. The number of likely N-dealkylation sites (tertiary alicyclic amines) is 1. The van der Waals surface area contributed by atoms with Crippen molar-refractivity contribution in [2.45, 2.75) is 17.7 Å². The fourth-order valence-corrected chi connectivity index (χ4v) is 3.95. The van der Waals surface area contributed by atoms with Crippen molar-refractivity contribution in [3.63, 3.8) is 0 Å². The molecule has 136 valence electrons. The summed E-state index contributed by atoms with van der Waals surface area (Å²) in [7, 11) is 0. The predicted molar refractivity (Wildman–Crippen MR) is 104 cm³/mol. The molecule has 0 saturated carbocycles. The second-order valence-electron chi connectivity index (χ2n) is 5.81. The second-order valence-corrected chi connectivity index (χ2v) is 7.62. The van der Waals surface area contributed by atoms with Crippen molar-refractivity contribution >= 4 is 46.8 Å². The lowest BCUT2D eigenvalue weighted by Gasteiger charge is -2.15. The molecule has 1 amide bonds. The Morgan fingerprint density at radius 1 is 1.04 bits per heavy atom. The molecule has 2 aromatic rings. The molecule has 7 heteroatoms. The van der Waals surface area contributed by atoms with Crippen LogP contribution in [0.25, 0.3) is 0 Å². The van der Waals surface area contributed by atoms with Crippen molar-refractivity contribution in [1.29, 1.82) is 0 Å². The third-order valence-corrected chi connectivity index (χ3v) is 5.90. The van der Waals surface area contributed by atoms with E-state index < -0.39 is 5.97 Å². The molecule has 1 aliphatic rings. The summed E-state index contributed by atoms with van der Waals surface area (Å²) in [5.41, 5.74) is 0.391. The van der Waals surface area contributed by atoms with Gasteiger partial charge in [-0.3, -0.25) is 4.79 Å². The van der Waals surface area contributed by atoms with Crippen molar-refractivity contribution < 1.29 is 14.3 Å². The van der Waals surface area contributed by atoms with Gasteiger partial charge in [0.05, 0.1) is 16.3 Å². The number of thioether (sulfide) groups is 1. The van der Waals surface area contributed by atoms with Crippen LogP contribution in [-0.2, 0) is 4.79 Å². The van der Waals surface area contributed by atoms with Gasteiger partial charge in [-0.25, -0.2) is 4.79 Å². The van der Waals surface area contributed by atoms with E-state index in [-0.39, 0.29) is 16.7 Å². The highest BCUT2D eigenvalue weighted by atomic mass is 35.5. The highest BCUT2D eigenvalue weighted by Crippen LogP contribution is 2.33. The minimum absolute atomic E-state index is 0.0913. The standard InChI is InChI=1S/C19H17Cl2NO3S/c20-14-7-5-8-15(18(14)21)25-19(24)13-6-1-2-9-16(13)26-12-17(23)22-10-3-4-11-22/h1-2,5-9H,3-4,10-12H2. The quantitative estimate of drug-likeness (QED) is 0.399. The van der Waals surface area contributed by atoms with Gasteiger partial charge in [0.25, 0.3) is 0 Å². The van der Waals surface area contributed by atoms with E-state index in [9.17, 15) is 9.59 Å². The first kappa shape index (κ1) is 19.1. The Hall–Kier alpha value is -1.69. The molecular formula is C19H17Cl2NO3S. The third-order valence-electron chi connectivity index (χ3n) is 4.04. The minimum Gasteiger partial charge on any atom is -0.421 e. The highest BCUT2D eigenvalue weighted by Gasteiger charge is 2.20. The van der Waals surface area contributed by atoms with Crippen LogP contribution in [0.5, 0.6) is 5.75 Å². The topological polar surface area (TPSA) is 46.6 Å². The van der Waals surface area contributed by atoms with Crippen LogP contribution in [0.1, 0.15) is 23.2 Å². The van der Waals surface area contributed by atoms with E-state index in [1.54, 1.807) is 36.4 Å². The molecule has 1 heterocycles. The Morgan fingerprint density at radius 2 is 1.77 bits per heavy atom. The van der Waals surface area contributed by atoms with Crippen LogP contribution < -0.4 is 4.74 Å². The van der Waals surface area contributed by atoms with E-state index in [4.69, 9.17) is 27.9 Å². The van der Waals surface area contributed by atoms with E-state index in [0.717, 1.165) is 25.9 Å². The minimum atomic E-state index is -0.536. The summed E-state index contributed by atoms with van der Waals surface area (Å²) in [6, 6.07) is 11.9. The van der Waals surface area contributed by atoms with Crippen LogP contribution in [0.2, 0.25) is 10.0 Å². The molecule has 4 nitrogen and oxygen atoms in total. The van der Waals surface area contributed by atoms with Gasteiger partial charge in [-0.15, -0.1) is 11.8 Å². The Balaban J connectivity index is 1.70. The van der Waals surface area contributed by atoms with Crippen LogP contribution in [0.15, 0.2) is 47.4 Å². The average molecular weight is 410 g/mol. The Bertz CT molecular complexity index is 822. The summed E-state index contributed by atoms with van der Waals surface area (Å²) >= 11 is 13.4. The molecule has 0 atom stereocenters. The van der Waals surface area contributed by atoms with E-state index in [0.29, 0.717) is 21.2 Å². The summed E-state index contributed by atoms with van der Waals surface area (Å²) < 4.78 is 5.40. The fraction of sp³-hybridized carbons (Fsp3) is 0.263. The van der Waals surface area contributed by atoms with Gasteiger partial charge in [0, 0.05) is 18.0 Å². The first-order chi connectivity index (χ1) is 12.6. The molecule has 3 rings (SSSR count). The maximum absolute atomic E-state index is 12.6. The normalized spacial score (nSPS) is 13.7. The van der Waals surface area contributed by atoms with Crippen molar-refractivity contribution in [3.8, 4) is 5.75 Å². The van der Waals surface area contributed by atoms with E-state index in [2.05, 4.69) is 0 Å². The number of carbonyl (C=O) groups is 2. The first-order valence-corrected chi connectivity index (χ1v) is 9.96. The number of nitrogens with zero attached hydrogens (tertiary/aromatic N) is 1. The molecule has 0 radical (unpaired) electrons. The molecule has 0 bridgehead atoms. The van der Waals surface area contributed by atoms with Gasteiger partial charge in [-0.2, -0.15) is 0 Å². The second kappa shape index (κ2) is 8.80. The maximum Gasteiger partial charge on any atom is 0.344 e. The van der Waals surface area contributed by atoms with Crippen molar-refractivity contribution in [2.75, 3.05) is 18.8 Å². The van der Waals surface area contributed by atoms with Gasteiger partial charge in [-0.1, -0.05) is 41.4 Å². The lowest BCUT2D eigenvalue weighted by atomic mass is 10.2. The number of halogens is 2. The van der Waals surface area contributed by atoms with E-state index >= 15 is 0 Å². The monoisotopic (exact) mass is 409 g/mol. The SMILES string of the molecule is O=C(Oc1cccc(Cl)c1Cl)c1ccccc1SCC(=O)N1CCCC1. The Kier molecular flexibility index (Phi) is 6.46. The van der Waals surface area contributed by atoms with Crippen LogP contribution >= 0.6 is 35.0 Å². The third kappa shape index (κ3) is 4.53. The van der Waals surface area contributed by atoms with Crippen LogP contribution in [0.4, 0.5) is 0 Å². The fourth-order valence-electron chi connectivity index (χ4n) is 2.68. The maximum atomic E-state index is 12.6. The number of ether oxygens (including phenoxy) is 1.